The van der Waals surface area contributed by atoms with Gasteiger partial charge in [-0.2, -0.15) is 0 Å². The molecule has 0 fully saturated rings. The van der Waals surface area contributed by atoms with Crippen molar-refractivity contribution >= 4 is 5.78 Å². The van der Waals surface area contributed by atoms with E-state index < -0.39 is 0 Å². The number of allylic oxidation sites excluding steroid dienone is 1. The van der Waals surface area contributed by atoms with Crippen molar-refractivity contribution in [2.24, 2.45) is 5.92 Å². The summed E-state index contributed by atoms with van der Waals surface area (Å²) in [6, 6.07) is 0. The monoisotopic (exact) mass is 155 g/mol. The van der Waals surface area contributed by atoms with Gasteiger partial charge < -0.3 is 4.74 Å². The highest BCUT2D eigenvalue weighted by molar-refractivity contribution is 5.79. The minimum Gasteiger partial charge on any atom is -0.483 e. The van der Waals surface area contributed by atoms with Crippen molar-refractivity contribution in [1.82, 2.24) is 5.32 Å². The first-order valence-electron chi connectivity index (χ1n) is 3.74. The summed E-state index contributed by atoms with van der Waals surface area (Å²) in [6.07, 6.45) is 4.15. The van der Waals surface area contributed by atoms with Crippen molar-refractivity contribution in [3.8, 4) is 0 Å². The Morgan fingerprint density at radius 2 is 2.45 bits per heavy atom. The largest absolute Gasteiger partial charge is 0.483 e. The first-order valence-corrected chi connectivity index (χ1v) is 3.74. The van der Waals surface area contributed by atoms with E-state index in [1.54, 1.807) is 20.2 Å². The molecular weight excluding hydrogens is 142 g/mol. The van der Waals surface area contributed by atoms with Crippen LogP contribution in [0.25, 0.3) is 0 Å². The molecule has 0 aromatic carbocycles. The van der Waals surface area contributed by atoms with E-state index in [1.807, 2.05) is 6.08 Å². The molecule has 1 aliphatic heterocycles. The number of ether oxygens (including phenoxy) is 1. The second kappa shape index (κ2) is 3.53. The number of carbonyl (C=O) groups is 1. The smallest absolute Gasteiger partial charge is 0.159 e. The van der Waals surface area contributed by atoms with Gasteiger partial charge in [0.1, 0.15) is 5.78 Å². The summed E-state index contributed by atoms with van der Waals surface area (Å²) in [5.41, 5.74) is 0. The molecule has 62 valence electrons. The van der Waals surface area contributed by atoms with E-state index in [4.69, 9.17) is 4.74 Å². The number of hydrogen-bond donors (Lipinski definition) is 1. The fraction of sp³-hybridized carbons (Fsp3) is 0.625. The number of rotatable bonds is 2. The number of nitrogens with one attached hydrogen (secondary N) is 1. The van der Waals surface area contributed by atoms with Crippen molar-refractivity contribution < 1.29 is 9.53 Å². The average molecular weight is 155 g/mol. The van der Waals surface area contributed by atoms with E-state index in [0.717, 1.165) is 6.42 Å². The van der Waals surface area contributed by atoms with E-state index in [1.165, 1.54) is 0 Å². The molecule has 2 unspecified atom stereocenters. The Labute approximate surface area is 66.4 Å². The predicted octanol–water partition coefficient (Wildman–Crippen LogP) is 0.671. The Morgan fingerprint density at radius 1 is 1.73 bits per heavy atom. The molecule has 0 bridgehead atoms. The zero-order valence-corrected chi connectivity index (χ0v) is 6.83. The molecule has 0 saturated heterocycles. The van der Waals surface area contributed by atoms with E-state index in [9.17, 15) is 4.79 Å². The average Bonchev–Trinajstić information content (AvgIpc) is 2.04. The quantitative estimate of drug-likeness (QED) is 0.637. The van der Waals surface area contributed by atoms with Gasteiger partial charge in [0, 0.05) is 0 Å². The van der Waals surface area contributed by atoms with Crippen molar-refractivity contribution in [1.29, 1.82) is 0 Å². The first-order chi connectivity index (χ1) is 5.25. The van der Waals surface area contributed by atoms with Crippen LogP contribution in [0, 0.1) is 5.92 Å². The van der Waals surface area contributed by atoms with E-state index in [0.29, 0.717) is 0 Å². The van der Waals surface area contributed by atoms with Gasteiger partial charge in [0.2, 0.25) is 0 Å². The maximum absolute atomic E-state index is 11.0. The SMILES string of the molecule is CNC1OC=CCC1C(C)=O. The topological polar surface area (TPSA) is 38.3 Å². The van der Waals surface area contributed by atoms with Crippen LogP contribution in [-0.2, 0) is 9.53 Å². The fourth-order valence-electron chi connectivity index (χ4n) is 1.21. The van der Waals surface area contributed by atoms with Crippen LogP contribution in [0.2, 0.25) is 0 Å². The number of ketones is 1. The molecule has 1 aliphatic rings. The minimum absolute atomic E-state index is 0.0231. The Morgan fingerprint density at radius 3 is 2.91 bits per heavy atom. The second-order valence-electron chi connectivity index (χ2n) is 2.67. The molecule has 0 saturated carbocycles. The summed E-state index contributed by atoms with van der Waals surface area (Å²) in [7, 11) is 1.79. The number of hydrogen-bond acceptors (Lipinski definition) is 3. The van der Waals surface area contributed by atoms with Gasteiger partial charge >= 0.3 is 0 Å². The van der Waals surface area contributed by atoms with Crippen molar-refractivity contribution in [2.75, 3.05) is 7.05 Å². The molecule has 3 nitrogen and oxygen atoms in total. The van der Waals surface area contributed by atoms with Crippen molar-refractivity contribution in [3.05, 3.63) is 12.3 Å². The van der Waals surface area contributed by atoms with Crippen molar-refractivity contribution in [3.63, 3.8) is 0 Å². The molecule has 2 atom stereocenters. The molecule has 0 spiro atoms. The van der Waals surface area contributed by atoms with Gasteiger partial charge in [-0.1, -0.05) is 0 Å². The van der Waals surface area contributed by atoms with Crippen LogP contribution < -0.4 is 5.32 Å². The zero-order chi connectivity index (χ0) is 8.27. The van der Waals surface area contributed by atoms with E-state index >= 15 is 0 Å². The van der Waals surface area contributed by atoms with Gasteiger partial charge in [-0.3, -0.25) is 10.1 Å². The van der Waals surface area contributed by atoms with Crippen LogP contribution in [0.15, 0.2) is 12.3 Å². The zero-order valence-electron chi connectivity index (χ0n) is 6.83. The lowest BCUT2D eigenvalue weighted by Crippen LogP contribution is -2.39. The fourth-order valence-corrected chi connectivity index (χ4v) is 1.21. The highest BCUT2D eigenvalue weighted by Crippen LogP contribution is 2.17. The molecule has 0 aliphatic carbocycles. The van der Waals surface area contributed by atoms with Gasteiger partial charge in [0.25, 0.3) is 0 Å². The third kappa shape index (κ3) is 1.80. The first kappa shape index (κ1) is 8.27. The van der Waals surface area contributed by atoms with Gasteiger partial charge in [-0.15, -0.1) is 0 Å². The summed E-state index contributed by atoms with van der Waals surface area (Å²) < 4.78 is 5.19. The summed E-state index contributed by atoms with van der Waals surface area (Å²) in [5, 5.41) is 2.94. The summed E-state index contributed by atoms with van der Waals surface area (Å²) in [4.78, 5) is 11.0. The third-order valence-electron chi connectivity index (χ3n) is 1.88. The van der Waals surface area contributed by atoms with Crippen LogP contribution in [0.5, 0.6) is 0 Å². The van der Waals surface area contributed by atoms with Crippen LogP contribution in [0.3, 0.4) is 0 Å². The number of Topliss-reactive ketones (excluding diaryl/α,β-unsaturated/α-hetero) is 1. The molecule has 1 heterocycles. The number of carbonyl (C=O) groups excluding carboxylic acids is 1. The van der Waals surface area contributed by atoms with Gasteiger partial charge in [0.15, 0.2) is 6.23 Å². The molecule has 1 rings (SSSR count). The van der Waals surface area contributed by atoms with Gasteiger partial charge in [0.05, 0.1) is 12.2 Å². The molecule has 0 aromatic rings. The molecule has 0 radical (unpaired) electrons. The molecule has 3 heteroatoms. The highest BCUT2D eigenvalue weighted by Gasteiger charge is 2.25. The van der Waals surface area contributed by atoms with Crippen LogP contribution in [0.4, 0.5) is 0 Å². The Hall–Kier alpha value is -0.830. The van der Waals surface area contributed by atoms with Crippen LogP contribution in [-0.4, -0.2) is 19.1 Å². The summed E-state index contributed by atoms with van der Waals surface area (Å²) >= 11 is 0. The predicted molar refractivity (Wildman–Crippen MR) is 41.9 cm³/mol. The Bertz CT molecular complexity index is 177. The molecule has 1 N–H and O–H groups in total. The molecular formula is C8H13NO2. The Kier molecular flexibility index (Phi) is 2.65. The summed E-state index contributed by atoms with van der Waals surface area (Å²) in [6.45, 7) is 1.59. The van der Waals surface area contributed by atoms with Crippen molar-refractivity contribution in [2.45, 2.75) is 19.6 Å². The van der Waals surface area contributed by atoms with E-state index in [-0.39, 0.29) is 17.9 Å². The standard InChI is InChI=1S/C8H13NO2/c1-6(10)7-4-3-5-11-8(7)9-2/h3,5,7-9H,4H2,1-2H3. The van der Waals surface area contributed by atoms with Gasteiger partial charge in [-0.05, 0) is 26.5 Å². The lowest BCUT2D eigenvalue weighted by atomic mass is 9.98. The van der Waals surface area contributed by atoms with Crippen LogP contribution >= 0.6 is 0 Å². The normalized spacial score (nSPS) is 29.6. The van der Waals surface area contributed by atoms with Gasteiger partial charge in [-0.25, -0.2) is 0 Å². The van der Waals surface area contributed by atoms with Crippen LogP contribution in [0.1, 0.15) is 13.3 Å². The lowest BCUT2D eigenvalue weighted by Gasteiger charge is -2.26. The lowest BCUT2D eigenvalue weighted by molar-refractivity contribution is -0.125. The molecule has 11 heavy (non-hydrogen) atoms. The highest BCUT2D eigenvalue weighted by atomic mass is 16.5. The third-order valence-corrected chi connectivity index (χ3v) is 1.88. The molecule has 0 amide bonds. The summed E-state index contributed by atoms with van der Waals surface area (Å²) in [5.74, 6) is 0.152. The second-order valence-corrected chi connectivity index (χ2v) is 2.67. The minimum atomic E-state index is -0.141. The molecule has 0 aromatic heterocycles. The maximum Gasteiger partial charge on any atom is 0.159 e. The van der Waals surface area contributed by atoms with E-state index in [2.05, 4.69) is 5.32 Å². The maximum atomic E-state index is 11.0. The Balaban J connectivity index is 2.61.